The predicted octanol–water partition coefficient (Wildman–Crippen LogP) is 2.99. The quantitative estimate of drug-likeness (QED) is 0.753. The lowest BCUT2D eigenvalue weighted by atomic mass is 10.0. The third-order valence-electron chi connectivity index (χ3n) is 5.71. The maximum Gasteiger partial charge on any atom is 0.264 e. The molecule has 0 bridgehead atoms. The van der Waals surface area contributed by atoms with Crippen molar-refractivity contribution >= 4 is 21.6 Å². The summed E-state index contributed by atoms with van der Waals surface area (Å²) in [5.74, 6) is -0.0323. The smallest absolute Gasteiger partial charge is 0.264 e. The summed E-state index contributed by atoms with van der Waals surface area (Å²) in [7, 11) is 1.82. The molecular weight excluding hydrogens is 386 g/mol. The summed E-state index contributed by atoms with van der Waals surface area (Å²) < 4.78 is 26.9. The summed E-state index contributed by atoms with van der Waals surface area (Å²) in [6, 6.07) is 13.8. The molecule has 7 heteroatoms. The minimum Gasteiger partial charge on any atom is -0.339 e. The molecule has 0 spiro atoms. The number of sulfonamides is 1. The number of carbonyl (C=O) groups excluding carboxylic acids is 1. The SMILES string of the molecule is Cc1ccc(S(=O)(=O)N(C)c2ccc(C(=O)N(C)C3CCN(C)CC3)cc2)cc1. The van der Waals surface area contributed by atoms with Gasteiger partial charge in [0, 0.05) is 25.7 Å². The molecule has 2 aromatic carbocycles. The molecule has 1 amide bonds. The Bertz CT molecular complexity index is 948. The van der Waals surface area contributed by atoms with Crippen molar-refractivity contribution in [3.05, 3.63) is 59.7 Å². The first kappa shape index (κ1) is 21.3. The predicted molar refractivity (Wildman–Crippen MR) is 116 cm³/mol. The Labute approximate surface area is 173 Å². The highest BCUT2D eigenvalue weighted by Crippen LogP contribution is 2.24. The van der Waals surface area contributed by atoms with Crippen molar-refractivity contribution in [1.82, 2.24) is 9.80 Å². The van der Waals surface area contributed by atoms with Crippen LogP contribution in [0, 0.1) is 6.92 Å². The van der Waals surface area contributed by atoms with Crippen LogP contribution in [0.25, 0.3) is 0 Å². The van der Waals surface area contributed by atoms with Crippen molar-refractivity contribution in [2.75, 3.05) is 38.5 Å². The Morgan fingerprint density at radius 1 is 0.966 bits per heavy atom. The molecule has 0 N–H and O–H groups in total. The van der Waals surface area contributed by atoms with E-state index in [1.165, 1.54) is 11.4 Å². The highest BCUT2D eigenvalue weighted by atomic mass is 32.2. The standard InChI is InChI=1S/C22H29N3O3S/c1-17-5-11-21(12-6-17)29(27,28)25(4)20-9-7-18(8-10-20)22(26)24(3)19-13-15-23(2)16-14-19/h5-12,19H,13-16H2,1-4H3. The molecule has 1 aliphatic rings. The van der Waals surface area contributed by atoms with Gasteiger partial charge in [-0.25, -0.2) is 8.42 Å². The van der Waals surface area contributed by atoms with E-state index >= 15 is 0 Å². The van der Waals surface area contributed by atoms with E-state index in [0.29, 0.717) is 11.3 Å². The molecule has 2 aromatic rings. The third kappa shape index (κ3) is 4.62. The Morgan fingerprint density at radius 2 is 1.52 bits per heavy atom. The molecule has 0 unspecified atom stereocenters. The zero-order chi connectivity index (χ0) is 21.2. The minimum atomic E-state index is -3.65. The lowest BCUT2D eigenvalue weighted by Gasteiger charge is -2.35. The van der Waals surface area contributed by atoms with Crippen molar-refractivity contribution < 1.29 is 13.2 Å². The highest BCUT2D eigenvalue weighted by Gasteiger charge is 2.25. The van der Waals surface area contributed by atoms with Crippen LogP contribution in [-0.2, 0) is 10.0 Å². The summed E-state index contributed by atoms with van der Waals surface area (Å²) in [6.45, 7) is 3.89. The molecule has 0 radical (unpaired) electrons. The molecule has 1 heterocycles. The lowest BCUT2D eigenvalue weighted by Crippen LogP contribution is -2.44. The van der Waals surface area contributed by atoms with Crippen LogP contribution in [0.5, 0.6) is 0 Å². The molecule has 1 saturated heterocycles. The zero-order valence-corrected chi connectivity index (χ0v) is 18.3. The Kier molecular flexibility index (Phi) is 6.29. The number of hydrogen-bond donors (Lipinski definition) is 0. The Morgan fingerprint density at radius 3 is 2.07 bits per heavy atom. The van der Waals surface area contributed by atoms with Crippen LogP contribution in [0.4, 0.5) is 5.69 Å². The second-order valence-electron chi connectivity index (χ2n) is 7.78. The molecule has 1 aliphatic heterocycles. The average Bonchev–Trinajstić information content (AvgIpc) is 2.73. The van der Waals surface area contributed by atoms with Gasteiger partial charge in [-0.3, -0.25) is 9.10 Å². The lowest BCUT2D eigenvalue weighted by molar-refractivity contribution is 0.0659. The van der Waals surface area contributed by atoms with Gasteiger partial charge in [-0.2, -0.15) is 0 Å². The number of anilines is 1. The normalized spacial score (nSPS) is 15.9. The van der Waals surface area contributed by atoms with Crippen LogP contribution in [-0.4, -0.2) is 64.4 Å². The van der Waals surface area contributed by atoms with Crippen LogP contribution in [0.15, 0.2) is 53.4 Å². The molecular formula is C22H29N3O3S. The zero-order valence-electron chi connectivity index (χ0n) is 17.5. The molecule has 0 saturated carbocycles. The molecule has 6 nitrogen and oxygen atoms in total. The van der Waals surface area contributed by atoms with Gasteiger partial charge in [0.2, 0.25) is 0 Å². The van der Waals surface area contributed by atoms with Gasteiger partial charge in [0.1, 0.15) is 0 Å². The Balaban J connectivity index is 1.73. The van der Waals surface area contributed by atoms with Crippen molar-refractivity contribution in [1.29, 1.82) is 0 Å². The maximum absolute atomic E-state index is 12.9. The number of rotatable bonds is 5. The van der Waals surface area contributed by atoms with E-state index in [9.17, 15) is 13.2 Å². The van der Waals surface area contributed by atoms with Gasteiger partial charge in [0.05, 0.1) is 10.6 Å². The number of nitrogens with zero attached hydrogens (tertiary/aromatic N) is 3. The summed E-state index contributed by atoms with van der Waals surface area (Å²) in [5, 5.41) is 0. The van der Waals surface area contributed by atoms with E-state index in [1.807, 2.05) is 18.9 Å². The van der Waals surface area contributed by atoms with Gasteiger partial charge in [-0.05, 0) is 76.3 Å². The molecule has 1 fully saturated rings. The Hall–Kier alpha value is -2.38. The van der Waals surface area contributed by atoms with Gasteiger partial charge >= 0.3 is 0 Å². The van der Waals surface area contributed by atoms with Gasteiger partial charge in [-0.15, -0.1) is 0 Å². The van der Waals surface area contributed by atoms with Crippen molar-refractivity contribution in [2.45, 2.75) is 30.7 Å². The summed E-state index contributed by atoms with van der Waals surface area (Å²) in [5.41, 5.74) is 2.09. The summed E-state index contributed by atoms with van der Waals surface area (Å²) in [4.78, 5) is 17.2. The maximum atomic E-state index is 12.9. The molecule has 0 aromatic heterocycles. The van der Waals surface area contributed by atoms with Gasteiger partial charge < -0.3 is 9.80 Å². The number of likely N-dealkylation sites (tertiary alicyclic amines) is 1. The first-order chi connectivity index (χ1) is 13.7. The third-order valence-corrected chi connectivity index (χ3v) is 7.51. The molecule has 3 rings (SSSR count). The first-order valence-electron chi connectivity index (χ1n) is 9.81. The van der Waals surface area contributed by atoms with Crippen molar-refractivity contribution in [2.24, 2.45) is 0 Å². The van der Waals surface area contributed by atoms with E-state index < -0.39 is 10.0 Å². The van der Waals surface area contributed by atoms with Gasteiger partial charge in [0.25, 0.3) is 15.9 Å². The fourth-order valence-electron chi connectivity index (χ4n) is 3.57. The second kappa shape index (κ2) is 8.55. The number of piperidine rings is 1. The topological polar surface area (TPSA) is 60.9 Å². The largest absolute Gasteiger partial charge is 0.339 e. The van der Waals surface area contributed by atoms with Crippen LogP contribution < -0.4 is 4.31 Å². The van der Waals surface area contributed by atoms with Crippen LogP contribution in [0.2, 0.25) is 0 Å². The van der Waals surface area contributed by atoms with Crippen LogP contribution >= 0.6 is 0 Å². The second-order valence-corrected chi connectivity index (χ2v) is 9.75. The van der Waals surface area contributed by atoms with Crippen LogP contribution in [0.1, 0.15) is 28.8 Å². The van der Waals surface area contributed by atoms with E-state index in [1.54, 1.807) is 48.5 Å². The molecule has 0 aliphatic carbocycles. The van der Waals surface area contributed by atoms with Gasteiger partial charge in [-0.1, -0.05) is 17.7 Å². The van der Waals surface area contributed by atoms with Crippen molar-refractivity contribution in [3.8, 4) is 0 Å². The fraction of sp³-hybridized carbons (Fsp3) is 0.409. The van der Waals surface area contributed by atoms with E-state index in [-0.39, 0.29) is 16.8 Å². The summed E-state index contributed by atoms with van der Waals surface area (Å²) in [6.07, 6.45) is 1.93. The van der Waals surface area contributed by atoms with E-state index in [4.69, 9.17) is 0 Å². The fourth-order valence-corrected chi connectivity index (χ4v) is 4.77. The number of aryl methyl sites for hydroxylation is 1. The number of benzene rings is 2. The summed E-state index contributed by atoms with van der Waals surface area (Å²) >= 11 is 0. The van der Waals surface area contributed by atoms with E-state index in [2.05, 4.69) is 11.9 Å². The minimum absolute atomic E-state index is 0.0323. The van der Waals surface area contributed by atoms with Crippen LogP contribution in [0.3, 0.4) is 0 Å². The molecule has 0 atom stereocenters. The first-order valence-corrected chi connectivity index (χ1v) is 11.3. The van der Waals surface area contributed by atoms with Crippen molar-refractivity contribution in [3.63, 3.8) is 0 Å². The number of amides is 1. The average molecular weight is 416 g/mol. The molecule has 29 heavy (non-hydrogen) atoms. The number of hydrogen-bond acceptors (Lipinski definition) is 4. The number of carbonyl (C=O) groups is 1. The monoisotopic (exact) mass is 415 g/mol. The van der Waals surface area contributed by atoms with E-state index in [0.717, 1.165) is 31.5 Å². The highest BCUT2D eigenvalue weighted by molar-refractivity contribution is 7.92. The van der Waals surface area contributed by atoms with Gasteiger partial charge in [0.15, 0.2) is 0 Å². The molecule has 156 valence electrons.